The van der Waals surface area contributed by atoms with E-state index < -0.39 is 0 Å². The van der Waals surface area contributed by atoms with E-state index in [1.54, 1.807) is 16.7 Å². The van der Waals surface area contributed by atoms with Crippen molar-refractivity contribution in [1.29, 1.82) is 0 Å². The topological polar surface area (TPSA) is 20.2 Å². The van der Waals surface area contributed by atoms with Gasteiger partial charge in [-0.15, -0.1) is 0 Å². The van der Waals surface area contributed by atoms with Gasteiger partial charge in [0.1, 0.15) is 0 Å². The first-order chi connectivity index (χ1) is 13.7. The molecule has 0 aliphatic heterocycles. The molecule has 4 aliphatic rings. The van der Waals surface area contributed by atoms with E-state index in [1.807, 2.05) is 0 Å². The predicted octanol–water partition coefficient (Wildman–Crippen LogP) is 7.54. The fourth-order valence-electron chi connectivity index (χ4n) is 7.10. The van der Waals surface area contributed by atoms with Crippen LogP contribution >= 0.6 is 0 Å². The van der Waals surface area contributed by atoms with Crippen LogP contribution in [0.2, 0.25) is 0 Å². The fraction of sp³-hybridized carbons (Fsp3) is 0.714. The van der Waals surface area contributed by atoms with E-state index in [0.29, 0.717) is 11.3 Å². The highest BCUT2D eigenvalue weighted by molar-refractivity contribution is 5.53. The van der Waals surface area contributed by atoms with Gasteiger partial charge in [0.25, 0.3) is 0 Å². The highest BCUT2D eigenvalue weighted by atomic mass is 16.3. The van der Waals surface area contributed by atoms with Crippen LogP contribution in [-0.2, 0) is 0 Å². The molecule has 1 unspecified atom stereocenters. The van der Waals surface area contributed by atoms with E-state index in [4.69, 9.17) is 0 Å². The van der Waals surface area contributed by atoms with Crippen molar-refractivity contribution in [3.8, 4) is 0 Å². The summed E-state index contributed by atoms with van der Waals surface area (Å²) < 4.78 is 0. The number of hydrogen-bond donors (Lipinski definition) is 1. The van der Waals surface area contributed by atoms with Crippen molar-refractivity contribution in [2.45, 2.75) is 98.5 Å². The SMILES string of the molecule is C=C(CC[C@@H](C)[C@H]1CC=C2C3=C(CC[C@@]21C)[C@@]1(C)CCC(O)CC1=CC3)C(C)C. The van der Waals surface area contributed by atoms with Gasteiger partial charge in [-0.05, 0) is 92.1 Å². The lowest BCUT2D eigenvalue weighted by atomic mass is 9.54. The average molecular weight is 395 g/mol. The quantitative estimate of drug-likeness (QED) is 0.477. The number of rotatable bonds is 5. The van der Waals surface area contributed by atoms with Gasteiger partial charge < -0.3 is 5.11 Å². The molecule has 0 amide bonds. The van der Waals surface area contributed by atoms with E-state index in [1.165, 1.54) is 43.3 Å². The maximum atomic E-state index is 10.2. The minimum atomic E-state index is -0.123. The van der Waals surface area contributed by atoms with Gasteiger partial charge in [0.15, 0.2) is 0 Å². The van der Waals surface area contributed by atoms with E-state index >= 15 is 0 Å². The summed E-state index contributed by atoms with van der Waals surface area (Å²) in [6, 6.07) is 0. The lowest BCUT2D eigenvalue weighted by molar-refractivity contribution is 0.114. The summed E-state index contributed by atoms with van der Waals surface area (Å²) in [4.78, 5) is 0. The van der Waals surface area contributed by atoms with Crippen molar-refractivity contribution in [3.63, 3.8) is 0 Å². The van der Waals surface area contributed by atoms with Crippen LogP contribution in [0, 0.1) is 28.6 Å². The molecule has 4 aliphatic carbocycles. The second-order valence-electron chi connectivity index (χ2n) is 11.3. The molecular formula is C28H42O. The number of aliphatic hydroxyl groups excluding tert-OH is 1. The summed E-state index contributed by atoms with van der Waals surface area (Å²) in [6.07, 6.45) is 15.3. The van der Waals surface area contributed by atoms with Crippen molar-refractivity contribution in [2.75, 3.05) is 0 Å². The zero-order valence-corrected chi connectivity index (χ0v) is 19.5. The van der Waals surface area contributed by atoms with Crippen LogP contribution in [0.5, 0.6) is 0 Å². The highest BCUT2D eigenvalue weighted by Gasteiger charge is 2.51. The second-order valence-corrected chi connectivity index (χ2v) is 11.3. The first kappa shape index (κ1) is 21.2. The van der Waals surface area contributed by atoms with Crippen molar-refractivity contribution in [1.82, 2.24) is 0 Å². The van der Waals surface area contributed by atoms with Crippen molar-refractivity contribution in [3.05, 3.63) is 46.6 Å². The molecular weight excluding hydrogens is 352 g/mol. The first-order valence-corrected chi connectivity index (χ1v) is 12.2. The predicted molar refractivity (Wildman–Crippen MR) is 124 cm³/mol. The Bertz CT molecular complexity index is 778. The molecule has 29 heavy (non-hydrogen) atoms. The highest BCUT2D eigenvalue weighted by Crippen LogP contribution is 2.63. The zero-order chi connectivity index (χ0) is 21.0. The molecule has 1 fully saturated rings. The largest absolute Gasteiger partial charge is 0.393 e. The molecule has 1 heteroatoms. The number of aliphatic hydroxyl groups is 1. The summed E-state index contributed by atoms with van der Waals surface area (Å²) in [5.41, 5.74) is 8.62. The lowest BCUT2D eigenvalue weighted by Crippen LogP contribution is -2.39. The van der Waals surface area contributed by atoms with Crippen molar-refractivity contribution in [2.24, 2.45) is 28.6 Å². The summed E-state index contributed by atoms with van der Waals surface area (Å²) in [5.74, 6) is 2.13. The average Bonchev–Trinajstić information content (AvgIpc) is 3.03. The van der Waals surface area contributed by atoms with Gasteiger partial charge in [-0.2, -0.15) is 0 Å². The Morgan fingerprint density at radius 2 is 1.97 bits per heavy atom. The monoisotopic (exact) mass is 394 g/mol. The Morgan fingerprint density at radius 3 is 2.69 bits per heavy atom. The van der Waals surface area contributed by atoms with E-state index in [2.05, 4.69) is 53.3 Å². The van der Waals surface area contributed by atoms with Crippen LogP contribution < -0.4 is 0 Å². The molecule has 0 radical (unpaired) electrons. The Kier molecular flexibility index (Phi) is 5.52. The Balaban J connectivity index is 1.54. The standard InChI is InChI=1S/C28H42O/c1-18(2)19(3)7-8-20(4)24-11-12-25-23-10-9-21-17-22(29)13-15-27(21,5)26(23)14-16-28(24,25)6/h9,12,18,20,22,24,29H,3,7-8,10-11,13-17H2,1-2,4-6H3/t20-,22?,24-,27+,28-/m1/s1. The van der Waals surface area contributed by atoms with Crippen LogP contribution in [0.15, 0.2) is 46.6 Å². The van der Waals surface area contributed by atoms with Crippen molar-refractivity contribution < 1.29 is 5.11 Å². The molecule has 0 aromatic heterocycles. The lowest BCUT2D eigenvalue weighted by Gasteiger charge is -2.50. The fourth-order valence-corrected chi connectivity index (χ4v) is 7.10. The third-order valence-corrected chi connectivity index (χ3v) is 9.38. The first-order valence-electron chi connectivity index (χ1n) is 12.2. The summed E-state index contributed by atoms with van der Waals surface area (Å²) in [6.45, 7) is 16.4. The molecule has 1 N–H and O–H groups in total. The maximum absolute atomic E-state index is 10.2. The normalized spacial score (nSPS) is 37.5. The number of fused-ring (bicyclic) bond motifs is 4. The summed E-state index contributed by atoms with van der Waals surface area (Å²) in [7, 11) is 0. The molecule has 0 aromatic carbocycles. The molecule has 0 aromatic rings. The van der Waals surface area contributed by atoms with Crippen LogP contribution in [0.25, 0.3) is 0 Å². The third kappa shape index (κ3) is 3.42. The molecule has 4 rings (SSSR count). The second kappa shape index (κ2) is 7.56. The summed E-state index contributed by atoms with van der Waals surface area (Å²) in [5, 5.41) is 10.2. The molecule has 5 atom stereocenters. The summed E-state index contributed by atoms with van der Waals surface area (Å²) >= 11 is 0. The number of hydrogen-bond acceptors (Lipinski definition) is 1. The third-order valence-electron chi connectivity index (χ3n) is 9.38. The Labute approximate surface area is 179 Å². The van der Waals surface area contributed by atoms with Crippen LogP contribution in [0.3, 0.4) is 0 Å². The molecule has 0 heterocycles. The van der Waals surface area contributed by atoms with Crippen LogP contribution in [0.1, 0.15) is 92.4 Å². The molecule has 1 saturated carbocycles. The van der Waals surface area contributed by atoms with Gasteiger partial charge in [0.2, 0.25) is 0 Å². The zero-order valence-electron chi connectivity index (χ0n) is 19.5. The molecule has 0 spiro atoms. The van der Waals surface area contributed by atoms with Crippen LogP contribution in [0.4, 0.5) is 0 Å². The van der Waals surface area contributed by atoms with Gasteiger partial charge >= 0.3 is 0 Å². The van der Waals surface area contributed by atoms with Gasteiger partial charge in [-0.3, -0.25) is 0 Å². The molecule has 1 nitrogen and oxygen atoms in total. The Hall–Kier alpha value is -1.08. The van der Waals surface area contributed by atoms with Gasteiger partial charge in [0, 0.05) is 5.41 Å². The minimum Gasteiger partial charge on any atom is -0.393 e. The van der Waals surface area contributed by atoms with Gasteiger partial charge in [0.05, 0.1) is 6.10 Å². The van der Waals surface area contributed by atoms with Gasteiger partial charge in [-0.1, -0.05) is 70.1 Å². The minimum absolute atomic E-state index is 0.123. The van der Waals surface area contributed by atoms with Gasteiger partial charge in [-0.25, -0.2) is 0 Å². The molecule has 0 saturated heterocycles. The van der Waals surface area contributed by atoms with Crippen molar-refractivity contribution >= 4 is 0 Å². The maximum Gasteiger partial charge on any atom is 0.0578 e. The Morgan fingerprint density at radius 1 is 1.21 bits per heavy atom. The smallest absolute Gasteiger partial charge is 0.0578 e. The molecule has 160 valence electrons. The van der Waals surface area contributed by atoms with E-state index in [0.717, 1.165) is 37.5 Å². The van der Waals surface area contributed by atoms with Crippen LogP contribution in [-0.4, -0.2) is 11.2 Å². The molecule has 0 bridgehead atoms. The van der Waals surface area contributed by atoms with E-state index in [9.17, 15) is 5.11 Å². The van der Waals surface area contributed by atoms with E-state index in [-0.39, 0.29) is 11.5 Å². The number of allylic oxidation sites excluding steroid dienone is 6.